The fourth-order valence-corrected chi connectivity index (χ4v) is 14.5. The standard InChI is InChI=1S/C53H83NO12S2/c1-32-16-12-11-13-17-33(2)43(62-8)30-40-21-19-37(6)53(61,66-40)49(58)50(59)54-23-15-14-18-41(54)51(60)65-45(34(3)28-39-20-22-42(55)44(29-39)63-9)31-52(67-24-25-68-52)38(7)27-36(5)47(57)48(64-10)46(56)35(4)26-32/h11-13,16-17,27,32,34-35,37-45,47-48,55,57,61H,14-15,18-26,28-31H2,1-10H3/b13-11+,16-12+,33-17+,36-27+/t32-,34-,35-,37-,38-,39+,40+,41+,42-,43+,44-,45+,47-,48+,53-/m1/s1. The molecule has 4 aliphatic heterocycles. The molecule has 4 fully saturated rings. The molecule has 1 saturated carbocycles. The van der Waals surface area contributed by atoms with Crippen molar-refractivity contribution in [3.8, 4) is 0 Å². The minimum atomic E-state index is -2.39. The lowest BCUT2D eigenvalue weighted by Gasteiger charge is -2.43. The van der Waals surface area contributed by atoms with Crippen molar-refractivity contribution in [2.45, 2.75) is 184 Å². The third kappa shape index (κ3) is 14.0. The van der Waals surface area contributed by atoms with Gasteiger partial charge in [0.15, 0.2) is 5.78 Å². The quantitative estimate of drug-likeness (QED) is 0.133. The van der Waals surface area contributed by atoms with E-state index in [1.165, 1.54) is 12.0 Å². The molecular formula is C53H83NO12S2. The first kappa shape index (κ1) is 56.6. The number of nitrogens with zero attached hydrogens (tertiary/aromatic N) is 1. The number of aliphatic hydroxyl groups is 3. The van der Waals surface area contributed by atoms with Crippen molar-refractivity contribution in [3.05, 3.63) is 47.6 Å². The number of hydrogen-bond acceptors (Lipinski definition) is 14. The molecule has 0 unspecified atom stereocenters. The van der Waals surface area contributed by atoms with E-state index in [0.717, 1.165) is 23.5 Å². The number of Topliss-reactive ketones (excluding diaryl/α,β-unsaturated/α-hetero) is 2. The number of cyclic esters (lactones) is 1. The molecule has 15 heteroatoms. The summed E-state index contributed by atoms with van der Waals surface area (Å²) in [5, 5.41) is 34.4. The number of amides is 1. The molecule has 5 aliphatic rings. The highest BCUT2D eigenvalue weighted by atomic mass is 32.2. The Bertz CT molecular complexity index is 1830. The Morgan fingerprint density at radius 2 is 1.57 bits per heavy atom. The smallest absolute Gasteiger partial charge is 0.329 e. The summed E-state index contributed by atoms with van der Waals surface area (Å²) in [6.45, 7) is 13.8. The van der Waals surface area contributed by atoms with Crippen LogP contribution in [0.5, 0.6) is 0 Å². The van der Waals surface area contributed by atoms with Crippen LogP contribution in [-0.2, 0) is 42.9 Å². The van der Waals surface area contributed by atoms with Crippen molar-refractivity contribution >= 4 is 47.0 Å². The number of ketones is 2. The Morgan fingerprint density at radius 1 is 0.853 bits per heavy atom. The number of allylic oxidation sites excluding steroid dienone is 6. The van der Waals surface area contributed by atoms with E-state index >= 15 is 0 Å². The van der Waals surface area contributed by atoms with Gasteiger partial charge in [-0.1, -0.05) is 71.1 Å². The number of hydrogen-bond donors (Lipinski definition) is 3. The zero-order valence-corrected chi connectivity index (χ0v) is 44.1. The predicted molar refractivity (Wildman–Crippen MR) is 268 cm³/mol. The summed E-state index contributed by atoms with van der Waals surface area (Å²) < 4.78 is 29.7. The van der Waals surface area contributed by atoms with Crippen LogP contribution in [-0.4, -0.2) is 142 Å². The maximum atomic E-state index is 14.8. The SMILES string of the molecule is CO[C@H]1C[C@@H]2CC[C@@H](C)[C@@](O)(O2)C(=O)C(=O)N2CCCC[C@H]2C(=O)O[C@H]([C@H](C)C[C@@H]2CC[C@@H](O)[C@H](OC)C2)CC2(SCCS2)[C@H](C)/C=C(\C)[C@@H](O)[C@@H](OC)C(=O)[C@H](C)C[C@H](C)/C=C/C=C/C=C/1C. The largest absolute Gasteiger partial charge is 0.460 e. The molecule has 3 N–H and O–H groups in total. The molecule has 3 saturated heterocycles. The van der Waals surface area contributed by atoms with Gasteiger partial charge in [-0.15, -0.1) is 23.5 Å². The number of ether oxygens (including phenoxy) is 5. The van der Waals surface area contributed by atoms with Gasteiger partial charge in [-0.25, -0.2) is 4.79 Å². The molecule has 384 valence electrons. The number of carbonyl (C=O) groups excluding carboxylic acids is 4. The molecule has 0 radical (unpaired) electrons. The van der Waals surface area contributed by atoms with Crippen LogP contribution in [0.15, 0.2) is 47.6 Å². The third-order valence-corrected chi connectivity index (χ3v) is 19.4. The Balaban J connectivity index is 1.52. The van der Waals surface area contributed by atoms with Gasteiger partial charge in [0.2, 0.25) is 5.79 Å². The van der Waals surface area contributed by atoms with E-state index < -0.39 is 76.1 Å². The average molecular weight is 990 g/mol. The van der Waals surface area contributed by atoms with Crippen LogP contribution in [0.1, 0.15) is 126 Å². The molecule has 15 atom stereocenters. The summed E-state index contributed by atoms with van der Waals surface area (Å²) in [6.07, 6.45) is 13.9. The van der Waals surface area contributed by atoms with Gasteiger partial charge in [-0.05, 0) is 113 Å². The summed E-state index contributed by atoms with van der Waals surface area (Å²) in [5.41, 5.74) is 1.52. The Labute approximate surface area is 415 Å². The third-order valence-electron chi connectivity index (χ3n) is 15.5. The number of rotatable bonds is 6. The zero-order valence-electron chi connectivity index (χ0n) is 42.4. The van der Waals surface area contributed by atoms with Crippen LogP contribution in [0.4, 0.5) is 0 Å². The minimum Gasteiger partial charge on any atom is -0.460 e. The van der Waals surface area contributed by atoms with Crippen molar-refractivity contribution in [2.75, 3.05) is 39.4 Å². The Kier molecular flexibility index (Phi) is 21.5. The Morgan fingerprint density at radius 3 is 2.25 bits per heavy atom. The van der Waals surface area contributed by atoms with Crippen molar-refractivity contribution < 1.29 is 58.2 Å². The van der Waals surface area contributed by atoms with Gasteiger partial charge in [-0.3, -0.25) is 14.4 Å². The van der Waals surface area contributed by atoms with Crippen molar-refractivity contribution in [3.63, 3.8) is 0 Å². The fraction of sp³-hybridized carbons (Fsp3) is 0.774. The number of methoxy groups -OCH3 is 3. The van der Waals surface area contributed by atoms with Crippen LogP contribution >= 0.6 is 23.5 Å². The molecule has 0 aromatic rings. The average Bonchev–Trinajstić information content (AvgIpc) is 3.81. The predicted octanol–water partition coefficient (Wildman–Crippen LogP) is 7.79. The van der Waals surface area contributed by atoms with Crippen LogP contribution in [0.25, 0.3) is 0 Å². The van der Waals surface area contributed by atoms with Crippen molar-refractivity contribution in [1.82, 2.24) is 4.90 Å². The summed E-state index contributed by atoms with van der Waals surface area (Å²) in [7, 11) is 4.68. The van der Waals surface area contributed by atoms with Gasteiger partial charge in [0.25, 0.3) is 11.7 Å². The van der Waals surface area contributed by atoms with Gasteiger partial charge in [0, 0.05) is 64.1 Å². The summed E-state index contributed by atoms with van der Waals surface area (Å²) in [4.78, 5) is 58.8. The van der Waals surface area contributed by atoms with Gasteiger partial charge < -0.3 is 43.9 Å². The molecule has 13 nitrogen and oxygen atoms in total. The maximum absolute atomic E-state index is 14.8. The van der Waals surface area contributed by atoms with Gasteiger partial charge in [0.05, 0.1) is 28.5 Å². The first-order chi connectivity index (χ1) is 32.3. The molecule has 0 aromatic carbocycles. The lowest BCUT2D eigenvalue weighted by molar-refractivity contribution is -0.265. The number of carbonyl (C=O) groups is 4. The number of thioether (sulfide) groups is 2. The van der Waals surface area contributed by atoms with E-state index in [1.807, 2.05) is 57.2 Å². The number of aliphatic hydroxyl groups excluding tert-OH is 2. The maximum Gasteiger partial charge on any atom is 0.329 e. The highest BCUT2D eigenvalue weighted by Gasteiger charge is 2.53. The number of fused-ring (bicyclic) bond motifs is 3. The minimum absolute atomic E-state index is 0.0597. The first-order valence-corrected chi connectivity index (χ1v) is 27.2. The second-order valence-corrected chi connectivity index (χ2v) is 23.7. The highest BCUT2D eigenvalue weighted by molar-refractivity contribution is 8.21. The van der Waals surface area contributed by atoms with E-state index in [4.69, 9.17) is 23.7 Å². The lowest BCUT2D eigenvalue weighted by Crippen LogP contribution is -2.61. The van der Waals surface area contributed by atoms with Gasteiger partial charge >= 0.3 is 5.97 Å². The van der Waals surface area contributed by atoms with E-state index in [0.29, 0.717) is 76.2 Å². The second-order valence-electron chi connectivity index (χ2n) is 20.6. The normalized spacial score (nSPS) is 40.9. The second kappa shape index (κ2) is 25.9. The van der Waals surface area contributed by atoms with Crippen LogP contribution in [0.3, 0.4) is 0 Å². The monoisotopic (exact) mass is 990 g/mol. The van der Waals surface area contributed by atoms with Crippen LogP contribution in [0, 0.1) is 35.5 Å². The number of piperidine rings is 1. The highest BCUT2D eigenvalue weighted by Crippen LogP contribution is 2.54. The summed E-state index contributed by atoms with van der Waals surface area (Å²) in [5.74, 6) is -4.49. The first-order valence-electron chi connectivity index (χ1n) is 25.2. The lowest BCUT2D eigenvalue weighted by atomic mass is 9.78. The zero-order chi connectivity index (χ0) is 49.9. The van der Waals surface area contributed by atoms with E-state index in [1.54, 1.807) is 44.7 Å². The summed E-state index contributed by atoms with van der Waals surface area (Å²) >= 11 is 3.61. The van der Waals surface area contributed by atoms with Gasteiger partial charge in [-0.2, -0.15) is 0 Å². The Hall–Kier alpha value is -2.34. The molecule has 1 spiro atoms. The van der Waals surface area contributed by atoms with Crippen LogP contribution in [0.2, 0.25) is 0 Å². The molecule has 4 heterocycles. The van der Waals surface area contributed by atoms with Crippen molar-refractivity contribution in [1.29, 1.82) is 0 Å². The molecule has 68 heavy (non-hydrogen) atoms. The fourth-order valence-electron chi connectivity index (χ4n) is 11.1. The van der Waals surface area contributed by atoms with Crippen molar-refractivity contribution in [2.24, 2.45) is 35.5 Å². The summed E-state index contributed by atoms with van der Waals surface area (Å²) in [6, 6.07) is -1.04. The van der Waals surface area contributed by atoms with E-state index in [9.17, 15) is 34.5 Å². The number of esters is 1. The van der Waals surface area contributed by atoms with E-state index in [-0.39, 0.29) is 48.0 Å². The van der Waals surface area contributed by atoms with E-state index in [2.05, 4.69) is 20.8 Å². The molecule has 1 amide bonds. The molecule has 5 rings (SSSR count). The van der Waals surface area contributed by atoms with Gasteiger partial charge in [0.1, 0.15) is 24.4 Å². The van der Waals surface area contributed by atoms with Crippen LogP contribution < -0.4 is 0 Å². The molecule has 2 bridgehead atoms. The molecule has 0 aromatic heterocycles. The molecular weight excluding hydrogens is 907 g/mol. The molecule has 1 aliphatic carbocycles. The topological polar surface area (TPSA) is 178 Å².